The topological polar surface area (TPSA) is 92.6 Å². The number of carboxylic acids is 1. The van der Waals surface area contributed by atoms with Crippen LogP contribution in [0.15, 0.2) is 5.38 Å². The molecule has 2 rings (SSSR count). The Hall–Kier alpha value is -1.93. The highest BCUT2D eigenvalue weighted by Gasteiger charge is 2.21. The molecule has 0 saturated heterocycles. The first-order chi connectivity index (χ1) is 10.4. The molecule has 0 saturated carbocycles. The van der Waals surface area contributed by atoms with E-state index in [1.54, 1.807) is 24.3 Å². The Morgan fingerprint density at radius 3 is 2.82 bits per heavy atom. The number of hydrogen-bond acceptors (Lipinski definition) is 7. The maximum atomic E-state index is 12.0. The zero-order valence-electron chi connectivity index (χ0n) is 12.0. The second kappa shape index (κ2) is 6.89. The molecule has 0 spiro atoms. The number of anilines is 1. The molecule has 22 heavy (non-hydrogen) atoms. The van der Waals surface area contributed by atoms with E-state index in [1.165, 1.54) is 11.3 Å². The highest BCUT2D eigenvalue weighted by molar-refractivity contribution is 7.17. The number of fused-ring (bicyclic) bond motifs is 1. The van der Waals surface area contributed by atoms with Gasteiger partial charge in [-0.2, -0.15) is 4.98 Å². The Morgan fingerprint density at radius 1 is 1.45 bits per heavy atom. The average molecular weight is 344 g/mol. The molecular weight excluding hydrogens is 330 g/mol. The van der Waals surface area contributed by atoms with Gasteiger partial charge < -0.3 is 14.7 Å². The van der Waals surface area contributed by atoms with Gasteiger partial charge in [0.15, 0.2) is 0 Å². The van der Waals surface area contributed by atoms with Crippen LogP contribution in [0.4, 0.5) is 5.82 Å². The van der Waals surface area contributed by atoms with E-state index in [1.807, 2.05) is 0 Å². The summed E-state index contributed by atoms with van der Waals surface area (Å²) >= 11 is 7.16. The van der Waals surface area contributed by atoms with Crippen LogP contribution in [-0.4, -0.2) is 47.2 Å². The van der Waals surface area contributed by atoms with Crippen molar-refractivity contribution in [3.05, 3.63) is 16.2 Å². The second-order valence-electron chi connectivity index (χ2n) is 4.43. The monoisotopic (exact) mass is 343 g/mol. The first kappa shape index (κ1) is 16.4. The standard InChI is InChI=1S/C13H14ClN3O4S/c1-3-21-12(20)7-6-22-11-9(7)10(15-13(14)16-11)17(2)5-4-8(18)19/h6H,3-5H2,1-2H3,(H,18,19). The van der Waals surface area contributed by atoms with Gasteiger partial charge in [0.25, 0.3) is 0 Å². The summed E-state index contributed by atoms with van der Waals surface area (Å²) in [5, 5.41) is 11.0. The number of aliphatic carboxylic acids is 1. The number of aromatic nitrogens is 2. The number of carbonyl (C=O) groups is 2. The second-order valence-corrected chi connectivity index (χ2v) is 5.63. The Bertz CT molecular complexity index is 719. The van der Waals surface area contributed by atoms with Crippen LogP contribution in [0.25, 0.3) is 10.2 Å². The van der Waals surface area contributed by atoms with Gasteiger partial charge in [-0.05, 0) is 18.5 Å². The molecule has 1 N–H and O–H groups in total. The maximum Gasteiger partial charge on any atom is 0.339 e. The van der Waals surface area contributed by atoms with Crippen molar-refractivity contribution in [2.45, 2.75) is 13.3 Å². The number of halogens is 1. The SMILES string of the molecule is CCOC(=O)c1csc2nc(Cl)nc(N(C)CCC(=O)O)c12. The van der Waals surface area contributed by atoms with Gasteiger partial charge in [-0.25, -0.2) is 9.78 Å². The molecule has 2 heterocycles. The minimum Gasteiger partial charge on any atom is -0.481 e. The van der Waals surface area contributed by atoms with Crippen LogP contribution in [0.5, 0.6) is 0 Å². The normalized spacial score (nSPS) is 10.7. The molecule has 118 valence electrons. The third kappa shape index (κ3) is 3.45. The van der Waals surface area contributed by atoms with E-state index in [0.717, 1.165) is 0 Å². The molecule has 0 aliphatic heterocycles. The lowest BCUT2D eigenvalue weighted by Crippen LogP contribution is -2.23. The summed E-state index contributed by atoms with van der Waals surface area (Å²) in [6.07, 6.45) is -0.0571. The fraction of sp³-hybridized carbons (Fsp3) is 0.385. The van der Waals surface area contributed by atoms with Crippen molar-refractivity contribution >= 4 is 50.9 Å². The van der Waals surface area contributed by atoms with Crippen molar-refractivity contribution < 1.29 is 19.4 Å². The van der Waals surface area contributed by atoms with Gasteiger partial charge in [0.05, 0.1) is 24.0 Å². The Morgan fingerprint density at radius 2 is 2.18 bits per heavy atom. The largest absolute Gasteiger partial charge is 0.481 e. The van der Waals surface area contributed by atoms with Crippen LogP contribution in [0, 0.1) is 0 Å². The summed E-state index contributed by atoms with van der Waals surface area (Å²) in [4.78, 5) is 33.2. The highest BCUT2D eigenvalue weighted by Crippen LogP contribution is 2.33. The smallest absolute Gasteiger partial charge is 0.339 e. The Balaban J connectivity index is 2.49. The predicted molar refractivity (Wildman–Crippen MR) is 83.9 cm³/mol. The van der Waals surface area contributed by atoms with Crippen molar-refractivity contribution in [2.75, 3.05) is 25.1 Å². The van der Waals surface area contributed by atoms with E-state index in [2.05, 4.69) is 9.97 Å². The Kier molecular flexibility index (Phi) is 5.15. The minimum absolute atomic E-state index is 0.0435. The molecule has 0 fully saturated rings. The fourth-order valence-electron chi connectivity index (χ4n) is 1.90. The maximum absolute atomic E-state index is 12.0. The number of rotatable bonds is 6. The van der Waals surface area contributed by atoms with Crippen LogP contribution in [0.2, 0.25) is 5.28 Å². The summed E-state index contributed by atoms with van der Waals surface area (Å²) in [5.41, 5.74) is 0.357. The zero-order chi connectivity index (χ0) is 16.3. The number of carbonyl (C=O) groups excluding carboxylic acids is 1. The van der Waals surface area contributed by atoms with E-state index in [0.29, 0.717) is 21.6 Å². The average Bonchev–Trinajstić information content (AvgIpc) is 2.87. The quantitative estimate of drug-likeness (QED) is 0.636. The van der Waals surface area contributed by atoms with Gasteiger partial charge >= 0.3 is 11.9 Å². The van der Waals surface area contributed by atoms with E-state index in [-0.39, 0.29) is 24.9 Å². The molecule has 0 radical (unpaired) electrons. The zero-order valence-corrected chi connectivity index (χ0v) is 13.6. The number of thiophene rings is 1. The molecule has 0 aromatic carbocycles. The number of carboxylic acid groups (broad SMARTS) is 1. The molecule has 9 heteroatoms. The number of hydrogen-bond donors (Lipinski definition) is 1. The lowest BCUT2D eigenvalue weighted by molar-refractivity contribution is -0.136. The molecule has 2 aromatic heterocycles. The highest BCUT2D eigenvalue weighted by atomic mass is 35.5. The van der Waals surface area contributed by atoms with Crippen LogP contribution in [0.1, 0.15) is 23.7 Å². The molecule has 0 amide bonds. The van der Waals surface area contributed by atoms with Crippen molar-refractivity contribution in [2.24, 2.45) is 0 Å². The minimum atomic E-state index is -0.917. The van der Waals surface area contributed by atoms with Crippen molar-refractivity contribution in [3.8, 4) is 0 Å². The summed E-state index contributed by atoms with van der Waals surface area (Å²) in [6.45, 7) is 2.21. The van der Waals surface area contributed by atoms with Crippen LogP contribution in [-0.2, 0) is 9.53 Å². The molecule has 7 nitrogen and oxygen atoms in total. The van der Waals surface area contributed by atoms with Gasteiger partial charge in [-0.15, -0.1) is 11.3 Å². The van der Waals surface area contributed by atoms with Crippen molar-refractivity contribution in [1.29, 1.82) is 0 Å². The molecule has 0 aliphatic carbocycles. The van der Waals surface area contributed by atoms with Crippen LogP contribution < -0.4 is 4.90 Å². The van der Waals surface area contributed by atoms with E-state index < -0.39 is 11.9 Å². The first-order valence-electron chi connectivity index (χ1n) is 6.48. The summed E-state index contributed by atoms with van der Waals surface area (Å²) < 4.78 is 5.02. The summed E-state index contributed by atoms with van der Waals surface area (Å²) in [6, 6.07) is 0. The van der Waals surface area contributed by atoms with Crippen molar-refractivity contribution in [3.63, 3.8) is 0 Å². The van der Waals surface area contributed by atoms with Gasteiger partial charge in [0.2, 0.25) is 5.28 Å². The first-order valence-corrected chi connectivity index (χ1v) is 7.74. The number of ether oxygens (including phenoxy) is 1. The van der Waals surface area contributed by atoms with Gasteiger partial charge in [-0.1, -0.05) is 0 Å². The lowest BCUT2D eigenvalue weighted by atomic mass is 10.2. The molecule has 0 unspecified atom stereocenters. The van der Waals surface area contributed by atoms with E-state index in [4.69, 9.17) is 21.4 Å². The van der Waals surface area contributed by atoms with E-state index in [9.17, 15) is 9.59 Å². The third-order valence-corrected chi connectivity index (χ3v) is 3.95. The molecule has 2 aromatic rings. The fourth-order valence-corrected chi connectivity index (χ4v) is 3.02. The summed E-state index contributed by atoms with van der Waals surface area (Å²) in [7, 11) is 1.69. The number of esters is 1. The third-order valence-electron chi connectivity index (χ3n) is 2.91. The van der Waals surface area contributed by atoms with Gasteiger partial charge in [0.1, 0.15) is 10.6 Å². The molecule has 0 aliphatic rings. The molecule has 0 atom stereocenters. The molecular formula is C13H14ClN3O4S. The van der Waals surface area contributed by atoms with Crippen LogP contribution in [0.3, 0.4) is 0 Å². The predicted octanol–water partition coefficient (Wildman–Crippen LogP) is 2.43. The van der Waals surface area contributed by atoms with Gasteiger partial charge in [0, 0.05) is 19.0 Å². The van der Waals surface area contributed by atoms with Crippen molar-refractivity contribution in [1.82, 2.24) is 9.97 Å². The number of nitrogens with zero attached hydrogens (tertiary/aromatic N) is 3. The lowest BCUT2D eigenvalue weighted by Gasteiger charge is -2.18. The van der Waals surface area contributed by atoms with E-state index >= 15 is 0 Å². The Labute approximate surface area is 135 Å². The summed E-state index contributed by atoms with van der Waals surface area (Å²) in [5.74, 6) is -0.965. The van der Waals surface area contributed by atoms with Gasteiger partial charge in [-0.3, -0.25) is 4.79 Å². The van der Waals surface area contributed by atoms with Crippen LogP contribution >= 0.6 is 22.9 Å². The molecule has 0 bridgehead atoms.